The fourth-order valence-electron chi connectivity index (χ4n) is 12.7. The number of hydrogen-bond acceptors (Lipinski definition) is 22. The smallest absolute Gasteiger partial charge is 0.255 e. The van der Waals surface area contributed by atoms with E-state index in [4.69, 9.17) is 20.9 Å². The predicted molar refractivity (Wildman–Crippen MR) is 289 cm³/mol. The summed E-state index contributed by atoms with van der Waals surface area (Å²) in [7, 11) is 16.5. The van der Waals surface area contributed by atoms with E-state index in [-0.39, 0.29) is 72.5 Å². The zero-order chi connectivity index (χ0) is 58.8. The first-order valence-corrected chi connectivity index (χ1v) is 25.5. The topological polar surface area (TPSA) is 372 Å². The third-order valence-electron chi connectivity index (χ3n) is 16.3. The van der Waals surface area contributed by atoms with Gasteiger partial charge in [0.2, 0.25) is 11.6 Å². The second-order valence-corrected chi connectivity index (χ2v) is 21.7. The van der Waals surface area contributed by atoms with E-state index in [0.717, 1.165) is 5.69 Å². The van der Waals surface area contributed by atoms with Gasteiger partial charge in [-0.3, -0.25) is 38.6 Å². The van der Waals surface area contributed by atoms with Gasteiger partial charge in [-0.15, -0.1) is 6.58 Å². The van der Waals surface area contributed by atoms with Crippen molar-refractivity contribution in [3.8, 4) is 11.5 Å². The van der Waals surface area contributed by atoms with Gasteiger partial charge in [-0.25, -0.2) is 0 Å². The normalized spacial score (nSPS) is 26.3. The average Bonchev–Trinajstić information content (AvgIpc) is 3.51. The Balaban J connectivity index is 0.000000229. The molecule has 0 saturated heterocycles. The van der Waals surface area contributed by atoms with Gasteiger partial charge in [-0.05, 0) is 89.0 Å². The van der Waals surface area contributed by atoms with Crippen molar-refractivity contribution in [2.45, 2.75) is 68.3 Å². The number of aliphatic hydroxyl groups is 6. The van der Waals surface area contributed by atoms with Crippen molar-refractivity contribution < 1.29 is 79.1 Å². The third-order valence-corrected chi connectivity index (χ3v) is 16.3. The molecule has 24 heteroatoms. The molecule has 6 aliphatic carbocycles. The Hall–Kier alpha value is -7.16. The van der Waals surface area contributed by atoms with Gasteiger partial charge in [-0.2, -0.15) is 0 Å². The maximum absolute atomic E-state index is 14.0. The zero-order valence-electron chi connectivity index (χ0n) is 45.9. The van der Waals surface area contributed by atoms with Crippen LogP contribution in [0.4, 0.5) is 11.4 Å². The molecule has 0 radical (unpaired) electrons. The van der Waals surface area contributed by atoms with E-state index in [1.165, 1.54) is 24.0 Å². The molecule has 24 nitrogen and oxygen atoms in total. The summed E-state index contributed by atoms with van der Waals surface area (Å²) >= 11 is 0. The largest absolute Gasteiger partial charge is 0.508 e. The fraction of sp³-hybridized carbons (Fsp3) is 0.491. The lowest BCUT2D eigenvalue weighted by atomic mass is 9.57. The van der Waals surface area contributed by atoms with Crippen LogP contribution in [0.1, 0.15) is 46.2 Å². The van der Waals surface area contributed by atoms with Crippen LogP contribution >= 0.6 is 0 Å². The van der Waals surface area contributed by atoms with Gasteiger partial charge in [0.25, 0.3) is 11.8 Å². The van der Waals surface area contributed by atoms with Crippen LogP contribution in [0.2, 0.25) is 0 Å². The van der Waals surface area contributed by atoms with Gasteiger partial charge in [-0.1, -0.05) is 6.08 Å². The average molecular weight is 1100 g/mol. The molecular formula is C55H72N8O16. The summed E-state index contributed by atoms with van der Waals surface area (Å²) in [6, 6.07) is 1.34. The van der Waals surface area contributed by atoms with Crippen molar-refractivity contribution in [2.24, 2.45) is 35.1 Å². The molecule has 8 rings (SSSR count). The maximum atomic E-state index is 14.0. The van der Waals surface area contributed by atoms with E-state index < -0.39 is 122 Å². The van der Waals surface area contributed by atoms with Gasteiger partial charge in [0.15, 0.2) is 29.1 Å². The number of aliphatic hydroxyl groups excluding tert-OH is 4. The van der Waals surface area contributed by atoms with Gasteiger partial charge in [0, 0.05) is 114 Å². The summed E-state index contributed by atoms with van der Waals surface area (Å²) in [4.78, 5) is 85.3. The van der Waals surface area contributed by atoms with Crippen molar-refractivity contribution in [2.75, 3.05) is 93.5 Å². The highest BCUT2D eigenvalue weighted by molar-refractivity contribution is 6.25. The first kappa shape index (κ1) is 59.5. The van der Waals surface area contributed by atoms with Crippen LogP contribution in [-0.2, 0) is 64.2 Å². The highest BCUT2D eigenvalue weighted by atomic mass is 16.7. The number of Topliss-reactive ketones (excluding diaryl/α,β-unsaturated/α-hetero) is 4. The molecular weight excluding hydrogens is 1030 g/mol. The van der Waals surface area contributed by atoms with Crippen molar-refractivity contribution in [1.82, 2.24) is 20.4 Å². The SMILES string of the molecule is C=CCNCc1cc(N(C)C)c2c(c1O)C(O)=C1C(=O)[C@]3(O)C(O)=C(C(N)=O)C(=O)[C@@H](N(C)C)[C@@H]3C[C@@H]1C2.COC(CNCc1cc(N(C)C)c2c(c1O)C(O)=C1C(=O)[C@]3(O)C(O)=C(C(N)=O)C(=O)[C@@H](N(C)C)[C@@H]3C[C@@H]1C2)OC. The minimum Gasteiger partial charge on any atom is -0.508 e. The summed E-state index contributed by atoms with van der Waals surface area (Å²) in [6.07, 6.45) is 1.65. The van der Waals surface area contributed by atoms with Crippen LogP contribution in [0.15, 0.2) is 58.6 Å². The third kappa shape index (κ3) is 9.51. The molecule has 2 saturated carbocycles. The number of carbonyl (C=O) groups is 6. The molecule has 14 N–H and O–H groups in total. The van der Waals surface area contributed by atoms with Crippen molar-refractivity contribution in [3.05, 3.63) is 92.0 Å². The second kappa shape index (κ2) is 22.2. The number of phenolic OH excluding ortho intramolecular Hbond substituents is 2. The Morgan fingerprint density at radius 2 is 1.04 bits per heavy atom. The Bertz CT molecular complexity index is 3060. The van der Waals surface area contributed by atoms with Crippen molar-refractivity contribution in [3.63, 3.8) is 0 Å². The number of carbonyl (C=O) groups excluding carboxylic acids is 6. The molecule has 2 fully saturated rings. The number of nitrogens with one attached hydrogen (secondary N) is 2. The summed E-state index contributed by atoms with van der Waals surface area (Å²) in [5.74, 6) is -13.4. The van der Waals surface area contributed by atoms with Crippen molar-refractivity contribution in [1.29, 1.82) is 0 Å². The standard InChI is InChI=1S/C28H38N4O9.C27H34N4O7/c1-31(2)16-9-13(10-30-11-17(40-5)41-6)22(33)19-14(16)7-12-8-15-21(32(3)4)24(35)20(27(29)38)26(37)28(15,39)25(36)18(12)23(19)34;1-6-7-29-11-13-10-16(30(2)3)14-8-12-9-15-20(31(4)5)23(34)19(26(28)37)25(36)27(15,38)24(35)17(12)22(33)18(14)21(13)32/h9,12,15,17,21,30,33-34,37,39H,7-8,10-11H2,1-6H3,(H2,29,38);6,10,12,15,20,29,32-33,36,38H,1,7-9,11H2,2-5H3,(H2,28,37)/t12-,15-,21-,28-;12-,15-,20-,27-/m00/s1. The Kier molecular flexibility index (Phi) is 16.7. The van der Waals surface area contributed by atoms with Crippen LogP contribution in [-0.4, -0.2) is 199 Å². The highest BCUT2D eigenvalue weighted by Crippen LogP contribution is 2.56. The minimum atomic E-state index is -2.68. The van der Waals surface area contributed by atoms with Crippen LogP contribution < -0.4 is 31.9 Å². The lowest BCUT2D eigenvalue weighted by Crippen LogP contribution is -2.65. The second-order valence-electron chi connectivity index (χ2n) is 21.7. The predicted octanol–water partition coefficient (Wildman–Crippen LogP) is 0.0441. The molecule has 0 spiro atoms. The molecule has 0 heterocycles. The Morgan fingerprint density at radius 3 is 1.35 bits per heavy atom. The Morgan fingerprint density at radius 1 is 0.671 bits per heavy atom. The lowest BCUT2D eigenvalue weighted by molar-refractivity contribution is -0.155. The van der Waals surface area contributed by atoms with E-state index >= 15 is 0 Å². The molecule has 2 amide bonds. The number of anilines is 2. The van der Waals surface area contributed by atoms with Crippen LogP contribution in [0.3, 0.4) is 0 Å². The van der Waals surface area contributed by atoms with Crippen LogP contribution in [0.25, 0.3) is 11.5 Å². The molecule has 2 aromatic rings. The molecule has 0 unspecified atom stereocenters. The number of likely N-dealkylation sites (N-methyl/N-ethyl adjacent to an activating group) is 2. The lowest BCUT2D eigenvalue weighted by Gasteiger charge is -2.50. The molecule has 6 aliphatic rings. The van der Waals surface area contributed by atoms with Gasteiger partial charge < -0.3 is 82.2 Å². The number of benzene rings is 2. The first-order chi connectivity index (χ1) is 37.0. The van der Waals surface area contributed by atoms with Gasteiger partial charge in [0.1, 0.15) is 45.7 Å². The minimum absolute atomic E-state index is 0.0259. The highest BCUT2D eigenvalue weighted by Gasteiger charge is 2.66. The maximum Gasteiger partial charge on any atom is 0.255 e. The number of phenols is 2. The molecule has 0 aromatic heterocycles. The Labute approximate surface area is 456 Å². The number of nitrogens with two attached hydrogens (primary N) is 2. The number of methoxy groups -OCH3 is 2. The summed E-state index contributed by atoms with van der Waals surface area (Å²) in [5.41, 5.74) is 7.02. The molecule has 79 heavy (non-hydrogen) atoms. The summed E-state index contributed by atoms with van der Waals surface area (Å²) in [5, 5.41) is 97.2. The van der Waals surface area contributed by atoms with E-state index in [9.17, 15) is 69.6 Å². The number of amides is 2. The number of fused-ring (bicyclic) bond motifs is 6. The number of rotatable bonds is 16. The summed E-state index contributed by atoms with van der Waals surface area (Å²) in [6.45, 7) is 4.88. The molecule has 8 atom stereocenters. The fourth-order valence-corrected chi connectivity index (χ4v) is 12.7. The molecule has 0 aliphatic heterocycles. The molecule has 428 valence electrons. The van der Waals surface area contributed by atoms with E-state index in [1.807, 2.05) is 44.1 Å². The van der Waals surface area contributed by atoms with Gasteiger partial charge in [0.05, 0.1) is 23.2 Å². The number of aromatic hydroxyl groups is 2. The first-order valence-electron chi connectivity index (χ1n) is 25.5. The zero-order valence-corrected chi connectivity index (χ0v) is 45.9. The summed E-state index contributed by atoms with van der Waals surface area (Å²) < 4.78 is 10.4. The van der Waals surface area contributed by atoms with E-state index in [2.05, 4.69) is 17.2 Å². The van der Waals surface area contributed by atoms with Crippen LogP contribution in [0.5, 0.6) is 11.5 Å². The molecule has 0 bridgehead atoms. The number of ether oxygens (including phenoxy) is 2. The number of ketones is 4. The molecule has 2 aromatic carbocycles. The monoisotopic (exact) mass is 1100 g/mol. The van der Waals surface area contributed by atoms with E-state index in [1.54, 1.807) is 40.3 Å². The number of hydrogen-bond donors (Lipinski definition) is 12. The number of nitrogens with zero attached hydrogens (tertiary/aromatic N) is 4. The van der Waals surface area contributed by atoms with E-state index in [0.29, 0.717) is 41.0 Å². The van der Waals surface area contributed by atoms with Crippen molar-refractivity contribution >= 4 is 57.8 Å². The number of primary amides is 2. The quantitative estimate of drug-likeness (QED) is 0.0457. The van der Waals surface area contributed by atoms with Gasteiger partial charge >= 0.3 is 0 Å². The van der Waals surface area contributed by atoms with Crippen LogP contribution in [0, 0.1) is 23.7 Å².